The molecule has 1 atom stereocenters. The van der Waals surface area contributed by atoms with Crippen LogP contribution in [-0.2, 0) is 0 Å². The van der Waals surface area contributed by atoms with E-state index in [9.17, 15) is 0 Å². The molecule has 2 heteroatoms. The molecule has 1 heterocycles. The number of furan rings is 1. The van der Waals surface area contributed by atoms with E-state index in [-0.39, 0.29) is 5.38 Å². The Morgan fingerprint density at radius 2 is 2.22 bits per heavy atom. The van der Waals surface area contributed by atoms with Gasteiger partial charge < -0.3 is 4.42 Å². The molecule has 0 N–H and O–H groups in total. The van der Waals surface area contributed by atoms with Gasteiger partial charge in [0.25, 0.3) is 0 Å². The minimum atomic E-state index is -0.0151. The highest BCUT2D eigenvalue weighted by atomic mass is 35.5. The Kier molecular flexibility index (Phi) is 1.81. The van der Waals surface area contributed by atoms with Gasteiger partial charge in [-0.2, -0.15) is 0 Å². The van der Waals surface area contributed by atoms with Crippen LogP contribution in [0.25, 0.3) is 0 Å². The van der Waals surface area contributed by atoms with Crippen LogP contribution in [0.15, 0.2) is 16.5 Å². The van der Waals surface area contributed by atoms with Crippen LogP contribution in [0.2, 0.25) is 0 Å². The van der Waals surface area contributed by atoms with Crippen molar-refractivity contribution in [2.45, 2.75) is 19.2 Å². The van der Waals surface area contributed by atoms with Gasteiger partial charge in [0.05, 0.1) is 5.38 Å². The molecule has 0 radical (unpaired) electrons. The van der Waals surface area contributed by atoms with Crippen LogP contribution in [0.5, 0.6) is 0 Å². The zero-order valence-electron chi connectivity index (χ0n) is 5.52. The molecule has 0 aliphatic rings. The maximum absolute atomic E-state index is 5.72. The van der Waals surface area contributed by atoms with Crippen molar-refractivity contribution < 1.29 is 4.42 Å². The molecular weight excluding hydrogens is 136 g/mol. The van der Waals surface area contributed by atoms with Gasteiger partial charge in [-0.25, -0.2) is 0 Å². The molecule has 1 aromatic heterocycles. The van der Waals surface area contributed by atoms with E-state index in [0.717, 1.165) is 11.5 Å². The van der Waals surface area contributed by atoms with Crippen molar-refractivity contribution in [1.29, 1.82) is 0 Å². The Balaban J connectivity index is 2.85. The molecule has 0 amide bonds. The lowest BCUT2D eigenvalue weighted by Gasteiger charge is -1.93. The maximum atomic E-state index is 5.72. The van der Waals surface area contributed by atoms with Gasteiger partial charge in [-0.05, 0) is 26.0 Å². The molecule has 1 rings (SSSR count). The predicted molar refractivity (Wildman–Crippen MR) is 37.7 cm³/mol. The molecular formula is C7H9ClO. The predicted octanol–water partition coefficient (Wildman–Crippen LogP) is 2.89. The molecule has 1 aromatic rings. The number of alkyl halides is 1. The van der Waals surface area contributed by atoms with Crippen molar-refractivity contribution in [3.8, 4) is 0 Å². The highest BCUT2D eigenvalue weighted by molar-refractivity contribution is 6.20. The van der Waals surface area contributed by atoms with Gasteiger partial charge >= 0.3 is 0 Å². The van der Waals surface area contributed by atoms with Crippen LogP contribution < -0.4 is 0 Å². The summed E-state index contributed by atoms with van der Waals surface area (Å²) in [5.41, 5.74) is 0. The summed E-state index contributed by atoms with van der Waals surface area (Å²) in [5.74, 6) is 1.76. The molecule has 0 fully saturated rings. The fourth-order valence-corrected chi connectivity index (χ4v) is 0.784. The van der Waals surface area contributed by atoms with E-state index in [2.05, 4.69) is 0 Å². The van der Waals surface area contributed by atoms with E-state index in [1.54, 1.807) is 0 Å². The van der Waals surface area contributed by atoms with E-state index in [1.807, 2.05) is 26.0 Å². The first-order chi connectivity index (χ1) is 4.20. The van der Waals surface area contributed by atoms with Crippen LogP contribution >= 0.6 is 11.6 Å². The third-order valence-corrected chi connectivity index (χ3v) is 1.37. The summed E-state index contributed by atoms with van der Waals surface area (Å²) in [6.45, 7) is 3.79. The Morgan fingerprint density at radius 1 is 1.56 bits per heavy atom. The summed E-state index contributed by atoms with van der Waals surface area (Å²) >= 11 is 5.72. The number of hydrogen-bond donors (Lipinski definition) is 0. The van der Waals surface area contributed by atoms with Crippen molar-refractivity contribution in [3.63, 3.8) is 0 Å². The Hall–Kier alpha value is -0.430. The second kappa shape index (κ2) is 2.44. The lowest BCUT2D eigenvalue weighted by Crippen LogP contribution is -1.75. The second-order valence-electron chi connectivity index (χ2n) is 2.06. The minimum absolute atomic E-state index is 0.0151. The Morgan fingerprint density at radius 3 is 2.44 bits per heavy atom. The number of halogens is 1. The molecule has 1 nitrogen and oxygen atoms in total. The summed E-state index contributed by atoms with van der Waals surface area (Å²) < 4.78 is 5.21. The van der Waals surface area contributed by atoms with Crippen molar-refractivity contribution >= 4 is 11.6 Å². The lowest BCUT2D eigenvalue weighted by molar-refractivity contribution is 0.484. The van der Waals surface area contributed by atoms with Crippen LogP contribution in [0.3, 0.4) is 0 Å². The standard InChI is InChI=1S/C7H9ClO/c1-5-3-4-7(9-5)6(2)8/h3-4,6H,1-2H3. The van der Waals surface area contributed by atoms with Crippen LogP contribution in [0, 0.1) is 6.92 Å². The van der Waals surface area contributed by atoms with E-state index in [4.69, 9.17) is 16.0 Å². The molecule has 0 aromatic carbocycles. The molecule has 9 heavy (non-hydrogen) atoms. The number of rotatable bonds is 1. The first kappa shape index (κ1) is 6.69. The molecule has 1 unspecified atom stereocenters. The van der Waals surface area contributed by atoms with Gasteiger partial charge in [-0.1, -0.05) is 0 Å². The minimum Gasteiger partial charge on any atom is -0.465 e. The van der Waals surface area contributed by atoms with Gasteiger partial charge in [0.2, 0.25) is 0 Å². The van der Waals surface area contributed by atoms with Crippen LogP contribution in [0.1, 0.15) is 23.8 Å². The van der Waals surface area contributed by atoms with Gasteiger partial charge in [0, 0.05) is 0 Å². The molecule has 0 bridgehead atoms. The molecule has 0 aliphatic heterocycles. The lowest BCUT2D eigenvalue weighted by atomic mass is 10.3. The number of hydrogen-bond acceptors (Lipinski definition) is 1. The van der Waals surface area contributed by atoms with Crippen LogP contribution in [-0.4, -0.2) is 0 Å². The fraction of sp³-hybridized carbons (Fsp3) is 0.429. The molecule has 50 valence electrons. The summed E-state index contributed by atoms with van der Waals surface area (Å²) in [5, 5.41) is -0.0151. The Bertz CT molecular complexity index is 191. The number of aryl methyl sites for hydroxylation is 1. The first-order valence-corrected chi connectivity index (χ1v) is 3.34. The highest BCUT2D eigenvalue weighted by Gasteiger charge is 2.03. The van der Waals surface area contributed by atoms with E-state index in [1.165, 1.54) is 0 Å². The molecule has 0 aliphatic carbocycles. The Labute approximate surface area is 59.6 Å². The van der Waals surface area contributed by atoms with Gasteiger partial charge in [-0.15, -0.1) is 11.6 Å². The third kappa shape index (κ3) is 1.49. The quantitative estimate of drug-likeness (QED) is 0.553. The largest absolute Gasteiger partial charge is 0.465 e. The van der Waals surface area contributed by atoms with E-state index in [0.29, 0.717) is 0 Å². The summed E-state index contributed by atoms with van der Waals surface area (Å²) in [6, 6.07) is 3.81. The average Bonchev–Trinajstić information content (AvgIpc) is 2.14. The van der Waals surface area contributed by atoms with Gasteiger partial charge in [-0.3, -0.25) is 0 Å². The molecule has 0 spiro atoms. The van der Waals surface area contributed by atoms with Crippen LogP contribution in [0.4, 0.5) is 0 Å². The smallest absolute Gasteiger partial charge is 0.121 e. The zero-order valence-corrected chi connectivity index (χ0v) is 6.27. The normalized spacial score (nSPS) is 13.7. The van der Waals surface area contributed by atoms with Crippen molar-refractivity contribution in [3.05, 3.63) is 23.7 Å². The van der Waals surface area contributed by atoms with Crippen molar-refractivity contribution in [1.82, 2.24) is 0 Å². The first-order valence-electron chi connectivity index (χ1n) is 2.90. The SMILES string of the molecule is Cc1ccc(C(C)Cl)o1. The monoisotopic (exact) mass is 144 g/mol. The van der Waals surface area contributed by atoms with E-state index < -0.39 is 0 Å². The topological polar surface area (TPSA) is 13.1 Å². The average molecular weight is 145 g/mol. The fourth-order valence-electron chi connectivity index (χ4n) is 0.667. The second-order valence-corrected chi connectivity index (χ2v) is 2.72. The molecule has 0 saturated heterocycles. The van der Waals surface area contributed by atoms with E-state index >= 15 is 0 Å². The van der Waals surface area contributed by atoms with Gasteiger partial charge in [0.15, 0.2) is 0 Å². The van der Waals surface area contributed by atoms with Crippen molar-refractivity contribution in [2.75, 3.05) is 0 Å². The zero-order chi connectivity index (χ0) is 6.85. The van der Waals surface area contributed by atoms with Crippen molar-refractivity contribution in [2.24, 2.45) is 0 Å². The maximum Gasteiger partial charge on any atom is 0.121 e. The third-order valence-electron chi connectivity index (χ3n) is 1.15. The highest BCUT2D eigenvalue weighted by Crippen LogP contribution is 2.20. The summed E-state index contributed by atoms with van der Waals surface area (Å²) in [7, 11) is 0. The molecule has 0 saturated carbocycles. The van der Waals surface area contributed by atoms with Gasteiger partial charge in [0.1, 0.15) is 11.5 Å². The summed E-state index contributed by atoms with van der Waals surface area (Å²) in [6.07, 6.45) is 0. The summed E-state index contributed by atoms with van der Waals surface area (Å²) in [4.78, 5) is 0.